The lowest BCUT2D eigenvalue weighted by Crippen LogP contribution is -2.44. The van der Waals surface area contributed by atoms with Gasteiger partial charge in [0, 0.05) is 19.3 Å². The van der Waals surface area contributed by atoms with Gasteiger partial charge in [0.1, 0.15) is 0 Å². The summed E-state index contributed by atoms with van der Waals surface area (Å²) < 4.78 is 25.3. The first-order valence-corrected chi connectivity index (χ1v) is 6.85. The van der Waals surface area contributed by atoms with Gasteiger partial charge in [-0.1, -0.05) is 0 Å². The Morgan fingerprint density at radius 1 is 1.39 bits per heavy atom. The van der Waals surface area contributed by atoms with Crippen LogP contribution < -0.4 is 11.2 Å². The normalized spacial score (nSPS) is 21.9. The van der Waals surface area contributed by atoms with E-state index in [1.807, 2.05) is 4.98 Å². The third-order valence-corrected chi connectivity index (χ3v) is 4.63. The Morgan fingerprint density at radius 2 is 2.11 bits per heavy atom. The Balaban J connectivity index is 2.42. The molecule has 100 valence electrons. The molecule has 0 saturated carbocycles. The third-order valence-electron chi connectivity index (χ3n) is 2.76. The number of nitrogens with zero attached hydrogens (tertiary/aromatic N) is 1. The number of aromatic amines is 2. The molecule has 1 aromatic rings. The first-order chi connectivity index (χ1) is 8.41. The van der Waals surface area contributed by atoms with E-state index in [9.17, 15) is 23.1 Å². The summed E-state index contributed by atoms with van der Waals surface area (Å²) in [7, 11) is -3.98. The van der Waals surface area contributed by atoms with Crippen LogP contribution in [0.3, 0.4) is 0 Å². The summed E-state index contributed by atoms with van der Waals surface area (Å²) in [6.07, 6.45) is 1.21. The minimum atomic E-state index is -3.98. The highest BCUT2D eigenvalue weighted by Gasteiger charge is 2.31. The van der Waals surface area contributed by atoms with Gasteiger partial charge in [0.25, 0.3) is 5.56 Å². The molecule has 0 radical (unpaired) electrons. The standard InChI is InChI=1S/C9H13N3O5S/c13-6-2-1-3-12(5-6)18(16,17)7-4-10-9(15)11-8(7)14/h4,6,13H,1-3,5H2,(H2,10,11,14,15). The van der Waals surface area contributed by atoms with E-state index in [0.29, 0.717) is 12.8 Å². The lowest BCUT2D eigenvalue weighted by atomic mass is 10.1. The van der Waals surface area contributed by atoms with Crippen molar-refractivity contribution in [3.8, 4) is 0 Å². The number of nitrogens with one attached hydrogen (secondary N) is 2. The molecule has 8 nitrogen and oxygen atoms in total. The summed E-state index contributed by atoms with van der Waals surface area (Å²) >= 11 is 0. The second kappa shape index (κ2) is 4.67. The minimum Gasteiger partial charge on any atom is -0.392 e. The highest BCUT2D eigenvalue weighted by molar-refractivity contribution is 7.89. The molecule has 0 bridgehead atoms. The Kier molecular flexibility index (Phi) is 3.37. The van der Waals surface area contributed by atoms with Crippen LogP contribution >= 0.6 is 0 Å². The average Bonchev–Trinajstić information content (AvgIpc) is 2.28. The number of β-amino-alcohol motifs (C(OH)–C–C–N with tert-alkyl or cyclic N) is 1. The van der Waals surface area contributed by atoms with E-state index in [4.69, 9.17) is 0 Å². The van der Waals surface area contributed by atoms with Crippen molar-refractivity contribution in [1.82, 2.24) is 14.3 Å². The molecule has 2 rings (SSSR count). The average molecular weight is 275 g/mol. The van der Waals surface area contributed by atoms with E-state index >= 15 is 0 Å². The second-order valence-corrected chi connectivity index (χ2v) is 6.00. The van der Waals surface area contributed by atoms with Gasteiger partial charge in [0.15, 0.2) is 4.90 Å². The van der Waals surface area contributed by atoms with E-state index in [2.05, 4.69) is 4.98 Å². The van der Waals surface area contributed by atoms with Gasteiger partial charge in [-0.05, 0) is 12.8 Å². The lowest BCUT2D eigenvalue weighted by molar-refractivity contribution is 0.108. The third kappa shape index (κ3) is 2.37. The number of aromatic nitrogens is 2. The van der Waals surface area contributed by atoms with Crippen LogP contribution in [-0.2, 0) is 10.0 Å². The predicted octanol–water partition coefficient (Wildman–Crippen LogP) is -1.79. The molecule has 1 aliphatic heterocycles. The zero-order chi connectivity index (χ0) is 13.3. The molecule has 0 spiro atoms. The number of hydrogen-bond acceptors (Lipinski definition) is 5. The van der Waals surface area contributed by atoms with Gasteiger partial charge in [-0.3, -0.25) is 9.78 Å². The van der Waals surface area contributed by atoms with Crippen LogP contribution in [0.25, 0.3) is 0 Å². The van der Waals surface area contributed by atoms with Gasteiger partial charge in [0.2, 0.25) is 10.0 Å². The van der Waals surface area contributed by atoms with Crippen LogP contribution in [0.4, 0.5) is 0 Å². The van der Waals surface area contributed by atoms with Crippen LogP contribution in [-0.4, -0.2) is 47.0 Å². The molecule has 1 unspecified atom stereocenters. The molecular formula is C9H13N3O5S. The highest BCUT2D eigenvalue weighted by atomic mass is 32.2. The number of piperidine rings is 1. The van der Waals surface area contributed by atoms with E-state index < -0.39 is 32.3 Å². The summed E-state index contributed by atoms with van der Waals surface area (Å²) in [5.41, 5.74) is -1.73. The zero-order valence-corrected chi connectivity index (χ0v) is 10.2. The maximum absolute atomic E-state index is 12.1. The van der Waals surface area contributed by atoms with Crippen molar-refractivity contribution in [2.24, 2.45) is 0 Å². The smallest absolute Gasteiger partial charge is 0.325 e. The predicted molar refractivity (Wildman–Crippen MR) is 61.7 cm³/mol. The van der Waals surface area contributed by atoms with Gasteiger partial charge in [-0.25, -0.2) is 13.2 Å². The summed E-state index contributed by atoms with van der Waals surface area (Å²) in [5.74, 6) is 0. The highest BCUT2D eigenvalue weighted by Crippen LogP contribution is 2.17. The fraction of sp³-hybridized carbons (Fsp3) is 0.556. The number of rotatable bonds is 2. The maximum Gasteiger partial charge on any atom is 0.325 e. The molecule has 9 heteroatoms. The number of aliphatic hydroxyl groups is 1. The molecule has 0 aliphatic carbocycles. The van der Waals surface area contributed by atoms with Crippen molar-refractivity contribution >= 4 is 10.0 Å². The number of H-pyrrole nitrogens is 2. The van der Waals surface area contributed by atoms with Gasteiger partial charge in [-0.2, -0.15) is 4.31 Å². The molecule has 1 aromatic heterocycles. The molecule has 0 aromatic carbocycles. The summed E-state index contributed by atoms with van der Waals surface area (Å²) in [6.45, 7) is 0.207. The first kappa shape index (κ1) is 13.0. The van der Waals surface area contributed by atoms with Crippen LogP contribution in [0.15, 0.2) is 20.7 Å². The summed E-state index contributed by atoms with van der Waals surface area (Å²) in [6, 6.07) is 0. The number of aliphatic hydroxyl groups excluding tert-OH is 1. The van der Waals surface area contributed by atoms with E-state index in [1.165, 1.54) is 0 Å². The van der Waals surface area contributed by atoms with Crippen LogP contribution in [0.2, 0.25) is 0 Å². The molecule has 18 heavy (non-hydrogen) atoms. The molecule has 1 fully saturated rings. The second-order valence-electron chi connectivity index (χ2n) is 4.10. The Bertz CT molecular complexity index is 647. The van der Waals surface area contributed by atoms with Gasteiger partial charge >= 0.3 is 5.69 Å². The van der Waals surface area contributed by atoms with E-state index in [0.717, 1.165) is 10.5 Å². The minimum absolute atomic E-state index is 0.0408. The molecule has 1 aliphatic rings. The molecule has 2 heterocycles. The summed E-state index contributed by atoms with van der Waals surface area (Å²) in [5, 5.41) is 9.45. The number of sulfonamides is 1. The lowest BCUT2D eigenvalue weighted by Gasteiger charge is -2.28. The molecular weight excluding hydrogens is 262 g/mol. The van der Waals surface area contributed by atoms with Crippen molar-refractivity contribution in [2.45, 2.75) is 23.8 Å². The van der Waals surface area contributed by atoms with Crippen LogP contribution in [0, 0.1) is 0 Å². The summed E-state index contributed by atoms with van der Waals surface area (Å²) in [4.78, 5) is 25.8. The van der Waals surface area contributed by atoms with Crippen molar-refractivity contribution < 1.29 is 13.5 Å². The van der Waals surface area contributed by atoms with E-state index in [1.54, 1.807) is 0 Å². The maximum atomic E-state index is 12.1. The molecule has 1 atom stereocenters. The zero-order valence-electron chi connectivity index (χ0n) is 9.42. The first-order valence-electron chi connectivity index (χ1n) is 5.41. The van der Waals surface area contributed by atoms with Crippen LogP contribution in [0.1, 0.15) is 12.8 Å². The van der Waals surface area contributed by atoms with Crippen molar-refractivity contribution in [2.75, 3.05) is 13.1 Å². The van der Waals surface area contributed by atoms with Crippen molar-refractivity contribution in [3.63, 3.8) is 0 Å². The largest absolute Gasteiger partial charge is 0.392 e. The Hall–Kier alpha value is -1.45. The Morgan fingerprint density at radius 3 is 2.72 bits per heavy atom. The van der Waals surface area contributed by atoms with E-state index in [-0.39, 0.29) is 13.1 Å². The van der Waals surface area contributed by atoms with Gasteiger partial charge < -0.3 is 10.1 Å². The fourth-order valence-corrected chi connectivity index (χ4v) is 3.38. The fourth-order valence-electron chi connectivity index (χ4n) is 1.87. The number of hydrogen-bond donors (Lipinski definition) is 3. The molecule has 1 saturated heterocycles. The van der Waals surface area contributed by atoms with Crippen molar-refractivity contribution in [1.29, 1.82) is 0 Å². The quantitative estimate of drug-likeness (QED) is 0.588. The van der Waals surface area contributed by atoms with Gasteiger partial charge in [0.05, 0.1) is 6.10 Å². The van der Waals surface area contributed by atoms with Crippen LogP contribution in [0.5, 0.6) is 0 Å². The topological polar surface area (TPSA) is 123 Å². The molecule has 0 amide bonds. The van der Waals surface area contributed by atoms with Gasteiger partial charge in [-0.15, -0.1) is 0 Å². The molecule has 3 N–H and O–H groups in total. The Labute approximate surface area is 102 Å². The SMILES string of the molecule is O=c1[nH]cc(S(=O)(=O)N2CCCC(O)C2)c(=O)[nH]1. The van der Waals surface area contributed by atoms with Crippen molar-refractivity contribution in [3.05, 3.63) is 27.0 Å². The monoisotopic (exact) mass is 275 g/mol.